The van der Waals surface area contributed by atoms with Gasteiger partial charge in [-0.25, -0.2) is 4.79 Å². The highest BCUT2D eigenvalue weighted by Gasteiger charge is 2.30. The molecule has 19 heavy (non-hydrogen) atoms. The first-order chi connectivity index (χ1) is 9.08. The van der Waals surface area contributed by atoms with Crippen LogP contribution in [0.4, 0.5) is 4.79 Å². The lowest BCUT2D eigenvalue weighted by atomic mass is 9.93. The Kier molecular flexibility index (Phi) is 6.92. The third-order valence-corrected chi connectivity index (χ3v) is 3.72. The van der Waals surface area contributed by atoms with Gasteiger partial charge in [0.2, 0.25) is 0 Å². The molecule has 0 spiro atoms. The fraction of sp³-hybridized carbons (Fsp3) is 0.800. The van der Waals surface area contributed by atoms with Gasteiger partial charge in [-0.05, 0) is 25.2 Å². The van der Waals surface area contributed by atoms with Crippen LogP contribution in [0.1, 0.15) is 40.0 Å². The quantitative estimate of drug-likeness (QED) is 0.697. The zero-order valence-electron chi connectivity index (χ0n) is 12.4. The van der Waals surface area contributed by atoms with E-state index in [4.69, 9.17) is 4.74 Å². The van der Waals surface area contributed by atoms with Crippen LogP contribution in [0.5, 0.6) is 0 Å². The summed E-state index contributed by atoms with van der Waals surface area (Å²) < 4.78 is 5.72. The number of hydrogen-bond donors (Lipinski definition) is 2. The van der Waals surface area contributed by atoms with Crippen molar-refractivity contribution in [3.8, 4) is 0 Å². The Morgan fingerprint density at radius 3 is 2.84 bits per heavy atom. The van der Waals surface area contributed by atoms with Gasteiger partial charge in [0.1, 0.15) is 0 Å². The molecule has 0 radical (unpaired) electrons. The molecule has 0 bridgehead atoms. The van der Waals surface area contributed by atoms with Gasteiger partial charge >= 0.3 is 6.03 Å². The minimum atomic E-state index is -0.0805. The molecule has 0 aromatic heterocycles. The summed E-state index contributed by atoms with van der Waals surface area (Å²) in [5.41, 5.74) is 0. The molecule has 1 fully saturated rings. The molecule has 0 aromatic carbocycles. The third kappa shape index (κ3) is 5.23. The van der Waals surface area contributed by atoms with Gasteiger partial charge in [0.15, 0.2) is 0 Å². The molecule has 4 heteroatoms. The van der Waals surface area contributed by atoms with E-state index in [0.29, 0.717) is 18.4 Å². The van der Waals surface area contributed by atoms with Gasteiger partial charge < -0.3 is 15.4 Å². The van der Waals surface area contributed by atoms with Gasteiger partial charge in [-0.1, -0.05) is 26.8 Å². The molecule has 0 aromatic rings. The largest absolute Gasteiger partial charge is 0.378 e. The van der Waals surface area contributed by atoms with Crippen LogP contribution in [0.25, 0.3) is 0 Å². The van der Waals surface area contributed by atoms with Crippen LogP contribution in [0.3, 0.4) is 0 Å². The minimum Gasteiger partial charge on any atom is -0.378 e. The minimum absolute atomic E-state index is 0.0805. The van der Waals surface area contributed by atoms with Crippen LogP contribution >= 0.6 is 0 Å². The van der Waals surface area contributed by atoms with Crippen molar-refractivity contribution in [2.24, 2.45) is 11.8 Å². The summed E-state index contributed by atoms with van der Waals surface area (Å²) in [5.74, 6) is 0.937. The van der Waals surface area contributed by atoms with Crippen molar-refractivity contribution in [3.05, 3.63) is 12.7 Å². The summed E-state index contributed by atoms with van der Waals surface area (Å²) in [6, 6.07) is 0.0985. The zero-order chi connectivity index (χ0) is 14.3. The lowest BCUT2D eigenvalue weighted by molar-refractivity contribution is 0.0545. The fourth-order valence-electron chi connectivity index (χ4n) is 2.60. The maximum Gasteiger partial charge on any atom is 0.315 e. The molecule has 1 aliphatic rings. The Hall–Kier alpha value is -1.03. The molecular formula is C15H28N2O2. The van der Waals surface area contributed by atoms with Gasteiger partial charge in [-0.15, -0.1) is 6.58 Å². The maximum atomic E-state index is 11.8. The van der Waals surface area contributed by atoms with Crippen LogP contribution in [0.15, 0.2) is 12.7 Å². The molecule has 1 saturated heterocycles. The molecule has 2 amide bonds. The van der Waals surface area contributed by atoms with Crippen LogP contribution in [0, 0.1) is 11.8 Å². The molecule has 0 saturated carbocycles. The highest BCUT2D eigenvalue weighted by atomic mass is 16.5. The molecule has 1 aliphatic heterocycles. The smallest absolute Gasteiger partial charge is 0.315 e. The van der Waals surface area contributed by atoms with E-state index >= 15 is 0 Å². The Balaban J connectivity index is 2.31. The molecule has 4 nitrogen and oxygen atoms in total. The fourth-order valence-corrected chi connectivity index (χ4v) is 2.60. The molecule has 1 heterocycles. The molecule has 3 atom stereocenters. The number of urea groups is 1. The van der Waals surface area contributed by atoms with Crippen LogP contribution in [-0.4, -0.2) is 31.3 Å². The Labute approximate surface area is 117 Å². The van der Waals surface area contributed by atoms with E-state index in [2.05, 4.69) is 38.0 Å². The summed E-state index contributed by atoms with van der Waals surface area (Å²) in [7, 11) is 0. The van der Waals surface area contributed by atoms with Crippen molar-refractivity contribution in [1.82, 2.24) is 10.6 Å². The topological polar surface area (TPSA) is 50.4 Å². The van der Waals surface area contributed by atoms with Crippen molar-refractivity contribution in [3.63, 3.8) is 0 Å². The van der Waals surface area contributed by atoms with E-state index in [0.717, 1.165) is 25.9 Å². The van der Waals surface area contributed by atoms with E-state index in [-0.39, 0.29) is 18.2 Å². The van der Waals surface area contributed by atoms with E-state index in [1.807, 2.05) is 6.08 Å². The van der Waals surface area contributed by atoms with Gasteiger partial charge in [-0.3, -0.25) is 0 Å². The summed E-state index contributed by atoms with van der Waals surface area (Å²) in [4.78, 5) is 11.8. The Bertz CT molecular complexity index is 292. The number of hydrogen-bond acceptors (Lipinski definition) is 2. The molecule has 0 aliphatic carbocycles. The van der Waals surface area contributed by atoms with Crippen molar-refractivity contribution in [2.75, 3.05) is 13.2 Å². The Morgan fingerprint density at radius 1 is 1.53 bits per heavy atom. The number of amides is 2. The normalized spacial score (nSPS) is 24.2. The van der Waals surface area contributed by atoms with Gasteiger partial charge in [0, 0.05) is 25.1 Å². The molecular weight excluding hydrogens is 240 g/mol. The summed E-state index contributed by atoms with van der Waals surface area (Å²) in [6.45, 7) is 11.6. The van der Waals surface area contributed by atoms with Crippen molar-refractivity contribution in [1.29, 1.82) is 0 Å². The first-order valence-electron chi connectivity index (χ1n) is 7.35. The van der Waals surface area contributed by atoms with E-state index in [1.165, 1.54) is 0 Å². The number of carbonyl (C=O) groups is 1. The standard InChI is InChI=1S/C15H28N2O2/c1-5-7-13(6-2)17-15(18)16-10-12-8-9-19-14(12)11(3)4/h5,11-14H,1,6-10H2,2-4H3,(H2,16,17,18)/t12-,13+,14+/m1/s1. The lowest BCUT2D eigenvalue weighted by Gasteiger charge is -2.23. The Morgan fingerprint density at radius 2 is 2.26 bits per heavy atom. The number of rotatable bonds is 7. The average molecular weight is 268 g/mol. The van der Waals surface area contributed by atoms with Crippen LogP contribution in [0.2, 0.25) is 0 Å². The second-order valence-electron chi connectivity index (χ2n) is 5.61. The van der Waals surface area contributed by atoms with E-state index in [1.54, 1.807) is 0 Å². The zero-order valence-corrected chi connectivity index (χ0v) is 12.4. The molecule has 0 unspecified atom stereocenters. The molecule has 1 rings (SSSR count). The van der Waals surface area contributed by atoms with Crippen molar-refractivity contribution >= 4 is 6.03 Å². The second-order valence-corrected chi connectivity index (χ2v) is 5.61. The number of carbonyl (C=O) groups excluding carboxylic acids is 1. The lowest BCUT2D eigenvalue weighted by Crippen LogP contribution is -2.44. The third-order valence-electron chi connectivity index (χ3n) is 3.72. The van der Waals surface area contributed by atoms with Crippen LogP contribution < -0.4 is 10.6 Å². The van der Waals surface area contributed by atoms with Crippen molar-refractivity contribution < 1.29 is 9.53 Å². The van der Waals surface area contributed by atoms with Gasteiger partial charge in [-0.2, -0.15) is 0 Å². The monoisotopic (exact) mass is 268 g/mol. The second kappa shape index (κ2) is 8.20. The molecule has 2 N–H and O–H groups in total. The van der Waals surface area contributed by atoms with Gasteiger partial charge in [0.05, 0.1) is 6.10 Å². The first-order valence-corrected chi connectivity index (χ1v) is 7.35. The first kappa shape index (κ1) is 16.0. The molecule has 110 valence electrons. The highest BCUT2D eigenvalue weighted by molar-refractivity contribution is 5.74. The predicted molar refractivity (Wildman–Crippen MR) is 78.1 cm³/mol. The van der Waals surface area contributed by atoms with Gasteiger partial charge in [0.25, 0.3) is 0 Å². The van der Waals surface area contributed by atoms with Crippen LogP contribution in [-0.2, 0) is 4.74 Å². The summed E-state index contributed by atoms with van der Waals surface area (Å²) in [6.07, 6.45) is 4.88. The highest BCUT2D eigenvalue weighted by Crippen LogP contribution is 2.25. The summed E-state index contributed by atoms with van der Waals surface area (Å²) in [5, 5.41) is 5.94. The summed E-state index contributed by atoms with van der Waals surface area (Å²) >= 11 is 0. The SMILES string of the molecule is C=CC[C@H](CC)NC(=O)NC[C@H]1CCO[C@H]1C(C)C. The number of ether oxygens (including phenoxy) is 1. The number of nitrogens with one attached hydrogen (secondary N) is 2. The maximum absolute atomic E-state index is 11.8. The van der Waals surface area contributed by atoms with E-state index in [9.17, 15) is 4.79 Å². The predicted octanol–water partition coefficient (Wildman–Crippen LogP) is 2.70. The average Bonchev–Trinajstić information content (AvgIpc) is 2.84. The van der Waals surface area contributed by atoms with E-state index < -0.39 is 0 Å². The van der Waals surface area contributed by atoms with Crippen molar-refractivity contribution in [2.45, 2.75) is 52.2 Å².